The van der Waals surface area contributed by atoms with Crippen molar-refractivity contribution >= 4 is 46.2 Å². The molecule has 5 rings (SSSR count). The van der Waals surface area contributed by atoms with Crippen molar-refractivity contribution in [3.8, 4) is 11.5 Å². The average Bonchev–Trinajstić information content (AvgIpc) is 3.44. The van der Waals surface area contributed by atoms with Gasteiger partial charge in [0.25, 0.3) is 0 Å². The zero-order chi connectivity index (χ0) is 23.7. The van der Waals surface area contributed by atoms with Gasteiger partial charge in [0.1, 0.15) is 11.5 Å². The minimum absolute atomic E-state index is 0.171. The fraction of sp³-hybridized carbons (Fsp3) is 0.115. The molecule has 1 N–H and O–H groups in total. The van der Waals surface area contributed by atoms with E-state index in [0.29, 0.717) is 27.7 Å². The molecule has 2 aliphatic rings. The number of thioether (sulfide) groups is 1. The van der Waals surface area contributed by atoms with Crippen molar-refractivity contribution in [2.24, 2.45) is 10.1 Å². The van der Waals surface area contributed by atoms with Gasteiger partial charge < -0.3 is 9.84 Å². The van der Waals surface area contributed by atoms with Crippen molar-refractivity contribution < 1.29 is 14.6 Å². The summed E-state index contributed by atoms with van der Waals surface area (Å²) in [7, 11) is 1.62. The molecule has 0 saturated heterocycles. The lowest BCUT2D eigenvalue weighted by Crippen LogP contribution is -2.26. The van der Waals surface area contributed by atoms with Crippen molar-refractivity contribution in [1.82, 2.24) is 5.01 Å². The first-order valence-electron chi connectivity index (χ1n) is 10.6. The maximum Gasteiger partial charge on any atom is 0.311 e. The number of ether oxygens (including phenoxy) is 1. The van der Waals surface area contributed by atoms with Gasteiger partial charge in [0.05, 0.1) is 23.8 Å². The summed E-state index contributed by atoms with van der Waals surface area (Å²) in [6.45, 7) is 0. The van der Waals surface area contributed by atoms with E-state index in [0.717, 1.165) is 34.3 Å². The number of halogens is 1. The third-order valence-corrected chi connectivity index (χ3v) is 6.67. The molecular weight excluding hydrogens is 470 g/mol. The monoisotopic (exact) mass is 489 g/mol. The van der Waals surface area contributed by atoms with Gasteiger partial charge in [-0.2, -0.15) is 10.1 Å². The van der Waals surface area contributed by atoms with E-state index in [1.807, 2.05) is 54.6 Å². The summed E-state index contributed by atoms with van der Waals surface area (Å²) in [5.74, 6) is 1.39. The second kappa shape index (κ2) is 9.37. The van der Waals surface area contributed by atoms with Crippen LogP contribution in [0.5, 0.6) is 11.5 Å². The molecule has 8 heteroatoms. The summed E-state index contributed by atoms with van der Waals surface area (Å²) < 4.78 is 5.27. The molecule has 0 bridgehead atoms. The molecule has 2 aliphatic heterocycles. The van der Waals surface area contributed by atoms with Crippen LogP contribution in [0.1, 0.15) is 29.2 Å². The second-order valence-corrected chi connectivity index (χ2v) is 9.19. The predicted molar refractivity (Wildman–Crippen MR) is 137 cm³/mol. The number of carbonyl (C=O) groups is 1. The Morgan fingerprint density at radius 3 is 2.53 bits per heavy atom. The van der Waals surface area contributed by atoms with Gasteiger partial charge in [0, 0.05) is 17.0 Å². The van der Waals surface area contributed by atoms with Gasteiger partial charge in [0.2, 0.25) is 0 Å². The SMILES string of the molecule is COc1ccc(C2=NN(C3=NC(=O)S/C3=C\c3ccc(Cl)cc3)C(c3ccccc3O)C2)cc1. The van der Waals surface area contributed by atoms with E-state index in [1.54, 1.807) is 36.4 Å². The Kier molecular flexibility index (Phi) is 6.13. The summed E-state index contributed by atoms with van der Waals surface area (Å²) in [5, 5.41) is 17.6. The Labute approximate surface area is 206 Å². The molecular formula is C26H20ClN3O3S. The van der Waals surface area contributed by atoms with Gasteiger partial charge in [-0.25, -0.2) is 5.01 Å². The fourth-order valence-corrected chi connectivity index (χ4v) is 4.82. The van der Waals surface area contributed by atoms with E-state index >= 15 is 0 Å². The van der Waals surface area contributed by atoms with E-state index in [4.69, 9.17) is 21.4 Å². The zero-order valence-electron chi connectivity index (χ0n) is 18.2. The number of benzene rings is 3. The molecule has 3 aromatic carbocycles. The number of rotatable bonds is 4. The minimum Gasteiger partial charge on any atom is -0.508 e. The van der Waals surface area contributed by atoms with Crippen LogP contribution in [-0.4, -0.2) is 34.0 Å². The quantitative estimate of drug-likeness (QED) is 0.452. The van der Waals surface area contributed by atoms with Gasteiger partial charge in [-0.15, -0.1) is 0 Å². The number of nitrogens with zero attached hydrogens (tertiary/aromatic N) is 3. The van der Waals surface area contributed by atoms with Crippen LogP contribution in [0.25, 0.3) is 6.08 Å². The number of amidine groups is 1. The smallest absolute Gasteiger partial charge is 0.311 e. The Balaban J connectivity index is 1.57. The molecule has 0 aliphatic carbocycles. The number of hydrazone groups is 1. The number of aliphatic imine (C=N–C) groups is 1. The van der Waals surface area contributed by atoms with Gasteiger partial charge in [0.15, 0.2) is 5.84 Å². The fourth-order valence-electron chi connectivity index (χ4n) is 3.95. The number of hydrogen-bond donors (Lipinski definition) is 1. The van der Waals surface area contributed by atoms with Crippen LogP contribution in [0, 0.1) is 0 Å². The van der Waals surface area contributed by atoms with E-state index in [2.05, 4.69) is 4.99 Å². The van der Waals surface area contributed by atoms with Gasteiger partial charge >= 0.3 is 5.24 Å². The van der Waals surface area contributed by atoms with E-state index < -0.39 is 0 Å². The lowest BCUT2D eigenvalue weighted by molar-refractivity contribution is 0.267. The maximum absolute atomic E-state index is 12.4. The molecule has 1 unspecified atom stereocenters. The highest BCUT2D eigenvalue weighted by Crippen LogP contribution is 2.41. The maximum atomic E-state index is 12.4. The highest BCUT2D eigenvalue weighted by molar-refractivity contribution is 8.18. The first-order chi connectivity index (χ1) is 16.5. The highest BCUT2D eigenvalue weighted by Gasteiger charge is 2.37. The Hall–Kier alpha value is -3.55. The molecule has 6 nitrogen and oxygen atoms in total. The lowest BCUT2D eigenvalue weighted by Gasteiger charge is -2.24. The Morgan fingerprint density at radius 1 is 1.09 bits per heavy atom. The van der Waals surface area contributed by atoms with Crippen LogP contribution in [0.2, 0.25) is 5.02 Å². The van der Waals surface area contributed by atoms with Crippen molar-refractivity contribution in [3.63, 3.8) is 0 Å². The van der Waals surface area contributed by atoms with Crippen LogP contribution in [-0.2, 0) is 0 Å². The highest BCUT2D eigenvalue weighted by atomic mass is 35.5. The number of amides is 1. The number of phenols is 1. The Bertz CT molecular complexity index is 1330. The predicted octanol–water partition coefficient (Wildman–Crippen LogP) is 6.51. The first kappa shape index (κ1) is 22.3. The average molecular weight is 490 g/mol. The zero-order valence-corrected chi connectivity index (χ0v) is 19.8. The minimum atomic E-state index is -0.322. The molecule has 170 valence electrons. The first-order valence-corrected chi connectivity index (χ1v) is 11.8. The van der Waals surface area contributed by atoms with Crippen LogP contribution in [0.4, 0.5) is 4.79 Å². The third-order valence-electron chi connectivity index (χ3n) is 5.63. The summed E-state index contributed by atoms with van der Waals surface area (Å²) in [4.78, 5) is 17.3. The summed E-state index contributed by atoms with van der Waals surface area (Å²) >= 11 is 7.08. The Morgan fingerprint density at radius 2 is 1.82 bits per heavy atom. The van der Waals surface area contributed by atoms with Crippen molar-refractivity contribution in [1.29, 1.82) is 0 Å². The molecule has 0 spiro atoms. The largest absolute Gasteiger partial charge is 0.508 e. The standard InChI is InChI=1S/C26H20ClN3O3S/c1-33-19-12-8-17(9-13-19)21-15-22(20-4-2-3-5-23(20)31)30(29-21)25-24(34-26(32)28-25)14-16-6-10-18(27)11-7-16/h2-14,22,31H,15H2,1H3/b24-14-. The summed E-state index contributed by atoms with van der Waals surface area (Å²) in [6.07, 6.45) is 2.43. The number of hydrogen-bond acceptors (Lipinski definition) is 6. The van der Waals surface area contributed by atoms with E-state index in [1.165, 1.54) is 0 Å². The second-order valence-electron chi connectivity index (χ2n) is 7.76. The van der Waals surface area contributed by atoms with E-state index in [9.17, 15) is 9.90 Å². The molecule has 34 heavy (non-hydrogen) atoms. The molecule has 0 aromatic heterocycles. The van der Waals surface area contributed by atoms with Gasteiger partial charge in [-0.3, -0.25) is 4.79 Å². The van der Waals surface area contributed by atoms with E-state index in [-0.39, 0.29) is 17.0 Å². The summed E-state index contributed by atoms with van der Waals surface area (Å²) in [5.41, 5.74) is 3.37. The van der Waals surface area contributed by atoms with Crippen LogP contribution >= 0.6 is 23.4 Å². The normalized spacial score (nSPS) is 18.9. The molecule has 2 heterocycles. The number of para-hydroxylation sites is 1. The van der Waals surface area contributed by atoms with Crippen molar-refractivity contribution in [3.05, 3.63) is 99.4 Å². The summed E-state index contributed by atoms with van der Waals surface area (Å²) in [6, 6.07) is 21.9. The molecule has 1 atom stereocenters. The van der Waals surface area contributed by atoms with Crippen molar-refractivity contribution in [2.45, 2.75) is 12.5 Å². The van der Waals surface area contributed by atoms with Gasteiger partial charge in [-0.05, 0) is 71.4 Å². The van der Waals surface area contributed by atoms with Crippen LogP contribution in [0.3, 0.4) is 0 Å². The number of methoxy groups -OCH3 is 1. The third kappa shape index (κ3) is 4.44. The number of phenolic OH excluding ortho intramolecular Hbond substituents is 1. The number of carbonyl (C=O) groups excluding carboxylic acids is 1. The van der Waals surface area contributed by atoms with Crippen LogP contribution in [0.15, 0.2) is 87.8 Å². The molecule has 0 fully saturated rings. The lowest BCUT2D eigenvalue weighted by atomic mass is 9.97. The van der Waals surface area contributed by atoms with Crippen LogP contribution < -0.4 is 4.74 Å². The molecule has 0 radical (unpaired) electrons. The topological polar surface area (TPSA) is 74.5 Å². The van der Waals surface area contributed by atoms with Crippen molar-refractivity contribution in [2.75, 3.05) is 7.11 Å². The molecule has 0 saturated carbocycles. The number of aromatic hydroxyl groups is 1. The molecule has 1 amide bonds. The van der Waals surface area contributed by atoms with Gasteiger partial charge in [-0.1, -0.05) is 41.9 Å². The molecule has 3 aromatic rings.